The van der Waals surface area contributed by atoms with Gasteiger partial charge in [0.15, 0.2) is 0 Å². The van der Waals surface area contributed by atoms with Crippen molar-refractivity contribution in [1.29, 1.82) is 0 Å². The molecular weight excluding hydrogens is 400 g/mol. The number of likely N-dealkylation sites (tertiary alicyclic amines) is 1. The highest BCUT2D eigenvalue weighted by molar-refractivity contribution is 7.89. The molecule has 2 aliphatic rings. The largest absolute Gasteiger partial charge is 0.353 e. The minimum absolute atomic E-state index is 0.0906. The number of rotatable bonds is 5. The lowest BCUT2D eigenvalue weighted by Crippen LogP contribution is -2.55. The van der Waals surface area contributed by atoms with Crippen LogP contribution in [-0.2, 0) is 21.9 Å². The minimum Gasteiger partial charge on any atom is -0.353 e. The average molecular weight is 431 g/mol. The van der Waals surface area contributed by atoms with Crippen molar-refractivity contribution in [2.45, 2.75) is 36.7 Å². The summed E-state index contributed by atoms with van der Waals surface area (Å²) in [6, 6.07) is 12.7. The summed E-state index contributed by atoms with van der Waals surface area (Å²) >= 11 is 0. The van der Waals surface area contributed by atoms with Crippen LogP contribution in [0.4, 0.5) is 0 Å². The highest BCUT2D eigenvalue weighted by Crippen LogP contribution is 2.34. The Balaban J connectivity index is 1.40. The van der Waals surface area contributed by atoms with Crippen LogP contribution >= 0.6 is 0 Å². The van der Waals surface area contributed by atoms with Crippen LogP contribution in [0.5, 0.6) is 0 Å². The first kappa shape index (κ1) is 21.1. The number of hydrogen-bond acceptors (Lipinski definition) is 4. The number of sulfonamides is 1. The van der Waals surface area contributed by atoms with Crippen molar-refractivity contribution >= 4 is 15.9 Å². The normalized spacial score (nSPS) is 22.3. The molecule has 0 unspecified atom stereocenters. The van der Waals surface area contributed by atoms with Crippen molar-refractivity contribution in [2.24, 2.45) is 7.05 Å². The van der Waals surface area contributed by atoms with E-state index in [-0.39, 0.29) is 18.0 Å². The standard InChI is InChI=1S/C22H30N4O3S/c1-18(26-13-7-11-21(26)20-10-6-12-23(20)2)22(27)24-14-16-25(17-15-24)30(28,29)19-8-4-3-5-9-19/h3-6,8-10,12,18,21H,7,11,13-17H2,1-2H3/t18-,21+/m0/s1. The third-order valence-corrected chi connectivity index (χ3v) is 8.32. The molecule has 2 aromatic rings. The van der Waals surface area contributed by atoms with Gasteiger partial charge >= 0.3 is 0 Å². The molecule has 4 rings (SSSR count). The fourth-order valence-corrected chi connectivity index (χ4v) is 6.13. The second kappa shape index (κ2) is 8.53. The van der Waals surface area contributed by atoms with Gasteiger partial charge in [-0.05, 0) is 50.6 Å². The van der Waals surface area contributed by atoms with Gasteiger partial charge < -0.3 is 9.47 Å². The Labute approximate surface area is 178 Å². The van der Waals surface area contributed by atoms with E-state index >= 15 is 0 Å². The van der Waals surface area contributed by atoms with E-state index < -0.39 is 10.0 Å². The molecule has 2 fully saturated rings. The predicted molar refractivity (Wildman–Crippen MR) is 115 cm³/mol. The quantitative estimate of drug-likeness (QED) is 0.729. The molecule has 162 valence electrons. The molecule has 1 aromatic carbocycles. The Morgan fingerprint density at radius 3 is 2.33 bits per heavy atom. The molecule has 0 spiro atoms. The molecule has 3 heterocycles. The van der Waals surface area contributed by atoms with Crippen LogP contribution < -0.4 is 0 Å². The summed E-state index contributed by atoms with van der Waals surface area (Å²) in [4.78, 5) is 17.6. The van der Waals surface area contributed by atoms with E-state index in [9.17, 15) is 13.2 Å². The molecule has 1 amide bonds. The third kappa shape index (κ3) is 3.91. The van der Waals surface area contributed by atoms with Gasteiger partial charge in [0, 0.05) is 45.1 Å². The van der Waals surface area contributed by atoms with Gasteiger partial charge in [0.2, 0.25) is 15.9 Å². The lowest BCUT2D eigenvalue weighted by Gasteiger charge is -2.38. The van der Waals surface area contributed by atoms with E-state index in [1.165, 1.54) is 10.00 Å². The average Bonchev–Trinajstić information content (AvgIpc) is 3.42. The smallest absolute Gasteiger partial charge is 0.243 e. The third-order valence-electron chi connectivity index (χ3n) is 6.41. The molecule has 0 radical (unpaired) electrons. The maximum atomic E-state index is 13.2. The number of piperazine rings is 1. The zero-order valence-corrected chi connectivity index (χ0v) is 18.5. The van der Waals surface area contributed by atoms with Crippen molar-refractivity contribution in [2.75, 3.05) is 32.7 Å². The maximum Gasteiger partial charge on any atom is 0.243 e. The van der Waals surface area contributed by atoms with Crippen molar-refractivity contribution < 1.29 is 13.2 Å². The molecular formula is C22H30N4O3S. The van der Waals surface area contributed by atoms with E-state index in [0.29, 0.717) is 31.1 Å². The van der Waals surface area contributed by atoms with E-state index in [0.717, 1.165) is 19.4 Å². The van der Waals surface area contributed by atoms with E-state index in [1.807, 2.05) is 31.1 Å². The topological polar surface area (TPSA) is 65.9 Å². The minimum atomic E-state index is -3.51. The Morgan fingerprint density at radius 2 is 1.70 bits per heavy atom. The van der Waals surface area contributed by atoms with Crippen LogP contribution in [0.2, 0.25) is 0 Å². The summed E-state index contributed by atoms with van der Waals surface area (Å²) < 4.78 is 29.3. The predicted octanol–water partition coefficient (Wildman–Crippen LogP) is 2.08. The van der Waals surface area contributed by atoms with Gasteiger partial charge in [-0.3, -0.25) is 9.69 Å². The summed E-state index contributed by atoms with van der Waals surface area (Å²) in [5.41, 5.74) is 1.24. The van der Waals surface area contributed by atoms with Crippen LogP contribution in [0.25, 0.3) is 0 Å². The molecule has 0 saturated carbocycles. The van der Waals surface area contributed by atoms with Crippen LogP contribution in [0.3, 0.4) is 0 Å². The van der Waals surface area contributed by atoms with Gasteiger partial charge in [0.1, 0.15) is 0 Å². The Bertz CT molecular complexity index is 981. The number of amides is 1. The second-order valence-corrected chi connectivity index (χ2v) is 10.1. The van der Waals surface area contributed by atoms with E-state index in [2.05, 4.69) is 15.5 Å². The van der Waals surface area contributed by atoms with Crippen molar-refractivity contribution in [3.8, 4) is 0 Å². The van der Waals surface area contributed by atoms with Crippen molar-refractivity contribution in [3.63, 3.8) is 0 Å². The van der Waals surface area contributed by atoms with Crippen LogP contribution in [0.15, 0.2) is 53.6 Å². The SMILES string of the molecule is C[C@@H](C(=O)N1CCN(S(=O)(=O)c2ccccc2)CC1)N1CCC[C@@H]1c1cccn1C. The number of benzene rings is 1. The number of carbonyl (C=O) groups is 1. The van der Waals surface area contributed by atoms with Crippen LogP contribution in [-0.4, -0.2) is 71.8 Å². The summed E-state index contributed by atoms with van der Waals surface area (Å²) in [6.07, 6.45) is 4.18. The van der Waals surface area contributed by atoms with Crippen molar-refractivity contribution in [3.05, 3.63) is 54.4 Å². The van der Waals surface area contributed by atoms with Crippen molar-refractivity contribution in [1.82, 2.24) is 18.7 Å². The first-order valence-electron chi connectivity index (χ1n) is 10.6. The van der Waals surface area contributed by atoms with Gasteiger partial charge in [0.05, 0.1) is 17.0 Å². The molecule has 0 aliphatic carbocycles. The number of hydrogen-bond donors (Lipinski definition) is 0. The zero-order valence-electron chi connectivity index (χ0n) is 17.6. The van der Waals surface area contributed by atoms with Gasteiger partial charge in [-0.1, -0.05) is 18.2 Å². The lowest BCUT2D eigenvalue weighted by molar-refractivity contribution is -0.138. The highest BCUT2D eigenvalue weighted by Gasteiger charge is 2.37. The maximum absolute atomic E-state index is 13.2. The number of aryl methyl sites for hydroxylation is 1. The Hall–Kier alpha value is -2.16. The fraction of sp³-hybridized carbons (Fsp3) is 0.500. The molecule has 2 atom stereocenters. The molecule has 2 aliphatic heterocycles. The molecule has 0 N–H and O–H groups in total. The van der Waals surface area contributed by atoms with Gasteiger partial charge in [-0.15, -0.1) is 0 Å². The summed E-state index contributed by atoms with van der Waals surface area (Å²) in [6.45, 7) is 4.41. The zero-order chi connectivity index (χ0) is 21.3. The highest BCUT2D eigenvalue weighted by atomic mass is 32.2. The van der Waals surface area contributed by atoms with E-state index in [4.69, 9.17) is 0 Å². The monoisotopic (exact) mass is 430 g/mol. The lowest BCUT2D eigenvalue weighted by atomic mass is 10.1. The number of aromatic nitrogens is 1. The van der Waals surface area contributed by atoms with Crippen LogP contribution in [0.1, 0.15) is 31.5 Å². The summed E-state index contributed by atoms with van der Waals surface area (Å²) in [5, 5.41) is 0. The summed E-state index contributed by atoms with van der Waals surface area (Å²) in [5.74, 6) is 0.0906. The molecule has 8 heteroatoms. The molecule has 7 nitrogen and oxygen atoms in total. The Morgan fingerprint density at radius 1 is 1.00 bits per heavy atom. The molecule has 0 bridgehead atoms. The first-order chi connectivity index (χ1) is 14.4. The van der Waals surface area contributed by atoms with Gasteiger partial charge in [-0.2, -0.15) is 4.31 Å². The fourth-order valence-electron chi connectivity index (χ4n) is 4.69. The second-order valence-electron chi connectivity index (χ2n) is 8.16. The first-order valence-corrected chi connectivity index (χ1v) is 12.0. The molecule has 30 heavy (non-hydrogen) atoms. The van der Waals surface area contributed by atoms with Gasteiger partial charge in [-0.25, -0.2) is 8.42 Å². The Kier molecular flexibility index (Phi) is 5.99. The van der Waals surface area contributed by atoms with E-state index in [1.54, 1.807) is 30.3 Å². The van der Waals surface area contributed by atoms with Crippen LogP contribution in [0, 0.1) is 0 Å². The molecule has 1 aromatic heterocycles. The molecule has 2 saturated heterocycles. The van der Waals surface area contributed by atoms with Gasteiger partial charge in [0.25, 0.3) is 0 Å². The number of carbonyl (C=O) groups excluding carboxylic acids is 1. The number of nitrogens with zero attached hydrogens (tertiary/aromatic N) is 4. The summed E-state index contributed by atoms with van der Waals surface area (Å²) in [7, 11) is -1.46.